The summed E-state index contributed by atoms with van der Waals surface area (Å²) in [5.74, 6) is 0. The van der Waals surface area contributed by atoms with E-state index in [9.17, 15) is 18.5 Å². The molecule has 8 nitrogen and oxygen atoms in total. The fourth-order valence-electron chi connectivity index (χ4n) is 1.56. The van der Waals surface area contributed by atoms with Gasteiger partial charge in [-0.3, -0.25) is 15.0 Å². The Balaban J connectivity index is 3.16. The van der Waals surface area contributed by atoms with E-state index < -0.39 is 14.9 Å². The van der Waals surface area contributed by atoms with Crippen LogP contribution in [0.2, 0.25) is 0 Å². The van der Waals surface area contributed by atoms with Crippen molar-refractivity contribution in [3.05, 3.63) is 33.9 Å². The van der Waals surface area contributed by atoms with Crippen LogP contribution in [0.25, 0.3) is 0 Å². The maximum absolute atomic E-state index is 11.2. The summed E-state index contributed by atoms with van der Waals surface area (Å²) in [5.41, 5.74) is 0.0460. The number of primary sulfonamides is 1. The van der Waals surface area contributed by atoms with Crippen LogP contribution in [-0.2, 0) is 16.6 Å². The summed E-state index contributed by atoms with van der Waals surface area (Å²) in [6.07, 6.45) is 0. The SMILES string of the molecule is CN(CCO)Cc1ccc(S(N)(=O)=O)cc1[N+](=O)[O-]. The van der Waals surface area contributed by atoms with Crippen LogP contribution in [0.4, 0.5) is 5.69 Å². The number of nitro benzene ring substituents is 1. The summed E-state index contributed by atoms with van der Waals surface area (Å²) in [5, 5.41) is 24.6. The molecule has 0 unspecified atom stereocenters. The number of benzene rings is 1. The lowest BCUT2D eigenvalue weighted by atomic mass is 10.1. The van der Waals surface area contributed by atoms with Crippen LogP contribution >= 0.6 is 0 Å². The second-order valence-electron chi connectivity index (χ2n) is 4.05. The monoisotopic (exact) mass is 289 g/mol. The lowest BCUT2D eigenvalue weighted by Gasteiger charge is -2.15. The van der Waals surface area contributed by atoms with Gasteiger partial charge in [0.15, 0.2) is 0 Å². The Hall–Kier alpha value is -1.55. The van der Waals surface area contributed by atoms with E-state index in [1.807, 2.05) is 0 Å². The molecule has 3 N–H and O–H groups in total. The average molecular weight is 289 g/mol. The van der Waals surface area contributed by atoms with Gasteiger partial charge in [0, 0.05) is 24.7 Å². The predicted octanol–water partition coefficient (Wildman–Crippen LogP) is -0.334. The van der Waals surface area contributed by atoms with Gasteiger partial charge in [-0.2, -0.15) is 0 Å². The number of hydrogen-bond donors (Lipinski definition) is 2. The van der Waals surface area contributed by atoms with Crippen molar-refractivity contribution in [3.8, 4) is 0 Å². The number of sulfonamides is 1. The van der Waals surface area contributed by atoms with Gasteiger partial charge >= 0.3 is 0 Å². The van der Waals surface area contributed by atoms with Crippen LogP contribution in [0.5, 0.6) is 0 Å². The molecule has 0 saturated carbocycles. The zero-order valence-electron chi connectivity index (χ0n) is 10.3. The molecule has 0 fully saturated rings. The molecule has 19 heavy (non-hydrogen) atoms. The summed E-state index contributed by atoms with van der Waals surface area (Å²) in [6.45, 7) is 0.509. The third-order valence-electron chi connectivity index (χ3n) is 2.50. The normalized spacial score (nSPS) is 11.8. The lowest BCUT2D eigenvalue weighted by molar-refractivity contribution is -0.385. The van der Waals surface area contributed by atoms with E-state index in [-0.39, 0.29) is 23.7 Å². The van der Waals surface area contributed by atoms with Crippen LogP contribution < -0.4 is 5.14 Å². The van der Waals surface area contributed by atoms with E-state index in [0.29, 0.717) is 12.1 Å². The van der Waals surface area contributed by atoms with E-state index in [2.05, 4.69) is 0 Å². The smallest absolute Gasteiger partial charge is 0.275 e. The molecule has 0 bridgehead atoms. The zero-order chi connectivity index (χ0) is 14.6. The second-order valence-corrected chi connectivity index (χ2v) is 5.62. The minimum Gasteiger partial charge on any atom is -0.395 e. The zero-order valence-corrected chi connectivity index (χ0v) is 11.1. The van der Waals surface area contributed by atoms with Crippen molar-refractivity contribution in [3.63, 3.8) is 0 Å². The van der Waals surface area contributed by atoms with Gasteiger partial charge in [-0.25, -0.2) is 13.6 Å². The molecule has 0 radical (unpaired) electrons. The Kier molecular flexibility index (Phi) is 4.95. The molecular weight excluding hydrogens is 274 g/mol. The van der Waals surface area contributed by atoms with Crippen LogP contribution in [0.3, 0.4) is 0 Å². The molecule has 0 atom stereocenters. The minimum absolute atomic E-state index is 0.0699. The van der Waals surface area contributed by atoms with E-state index in [4.69, 9.17) is 10.2 Å². The largest absolute Gasteiger partial charge is 0.395 e. The quantitative estimate of drug-likeness (QED) is 0.545. The van der Waals surface area contributed by atoms with Crippen molar-refractivity contribution in [2.24, 2.45) is 5.14 Å². The maximum atomic E-state index is 11.2. The number of nitrogens with zero attached hydrogens (tertiary/aromatic N) is 2. The maximum Gasteiger partial charge on any atom is 0.275 e. The van der Waals surface area contributed by atoms with E-state index >= 15 is 0 Å². The van der Waals surface area contributed by atoms with Gasteiger partial charge in [-0.1, -0.05) is 0 Å². The molecule has 106 valence electrons. The molecule has 0 aliphatic carbocycles. The fourth-order valence-corrected chi connectivity index (χ4v) is 2.10. The Morgan fingerprint density at radius 3 is 2.58 bits per heavy atom. The standard InChI is InChI=1S/C10H15N3O5S/c1-12(4-5-14)7-8-2-3-9(19(11,17)18)6-10(8)13(15)16/h2-3,6,14H,4-5,7H2,1H3,(H2,11,17,18). The number of aliphatic hydroxyl groups excluding tert-OH is 1. The van der Waals surface area contributed by atoms with E-state index in [1.165, 1.54) is 12.1 Å². The van der Waals surface area contributed by atoms with Crippen molar-refractivity contribution >= 4 is 15.7 Å². The third kappa shape index (κ3) is 4.24. The number of rotatable bonds is 6. The third-order valence-corrected chi connectivity index (χ3v) is 3.41. The number of likely N-dealkylation sites (N-methyl/N-ethyl adjacent to an activating group) is 1. The van der Waals surface area contributed by atoms with Crippen molar-refractivity contribution in [2.45, 2.75) is 11.4 Å². The van der Waals surface area contributed by atoms with Gasteiger partial charge in [0.1, 0.15) is 0 Å². The molecule has 1 rings (SSSR count). The van der Waals surface area contributed by atoms with Gasteiger partial charge in [0.25, 0.3) is 5.69 Å². The minimum atomic E-state index is -3.97. The number of nitrogens with two attached hydrogens (primary N) is 1. The molecule has 0 amide bonds. The molecule has 9 heteroatoms. The molecular formula is C10H15N3O5S. The first-order chi connectivity index (χ1) is 8.75. The Morgan fingerprint density at radius 1 is 1.47 bits per heavy atom. The first-order valence-corrected chi connectivity index (χ1v) is 6.90. The van der Waals surface area contributed by atoms with Crippen LogP contribution in [0.15, 0.2) is 23.1 Å². The summed E-state index contributed by atoms with van der Waals surface area (Å²) in [6, 6.07) is 3.52. The highest BCUT2D eigenvalue weighted by molar-refractivity contribution is 7.89. The molecule has 1 aromatic rings. The number of nitro groups is 1. The van der Waals surface area contributed by atoms with Crippen molar-refractivity contribution < 1.29 is 18.4 Å². The van der Waals surface area contributed by atoms with Crippen molar-refractivity contribution in [1.82, 2.24) is 4.90 Å². The highest BCUT2D eigenvalue weighted by Gasteiger charge is 2.19. The van der Waals surface area contributed by atoms with Crippen LogP contribution in [-0.4, -0.2) is 43.5 Å². The Bertz CT molecular complexity index is 573. The Morgan fingerprint density at radius 2 is 2.11 bits per heavy atom. The summed E-state index contributed by atoms with van der Waals surface area (Å²) >= 11 is 0. The molecule has 0 aromatic heterocycles. The van der Waals surface area contributed by atoms with Crippen molar-refractivity contribution in [1.29, 1.82) is 0 Å². The van der Waals surface area contributed by atoms with Crippen molar-refractivity contribution in [2.75, 3.05) is 20.2 Å². The van der Waals surface area contributed by atoms with E-state index in [1.54, 1.807) is 11.9 Å². The topological polar surface area (TPSA) is 127 Å². The number of aliphatic hydroxyl groups is 1. The summed E-state index contributed by atoms with van der Waals surface area (Å²) < 4.78 is 22.3. The van der Waals surface area contributed by atoms with Crippen LogP contribution in [0, 0.1) is 10.1 Å². The predicted molar refractivity (Wildman–Crippen MR) is 67.9 cm³/mol. The molecule has 0 heterocycles. The average Bonchev–Trinajstić information content (AvgIpc) is 2.27. The highest BCUT2D eigenvalue weighted by atomic mass is 32.2. The molecule has 0 spiro atoms. The van der Waals surface area contributed by atoms with Gasteiger partial charge < -0.3 is 5.11 Å². The first-order valence-electron chi connectivity index (χ1n) is 5.35. The van der Waals surface area contributed by atoms with Gasteiger partial charge in [-0.15, -0.1) is 0 Å². The molecule has 0 saturated heterocycles. The highest BCUT2D eigenvalue weighted by Crippen LogP contribution is 2.23. The van der Waals surface area contributed by atoms with Gasteiger partial charge in [0.05, 0.1) is 16.4 Å². The Labute approximate surface area is 110 Å². The van der Waals surface area contributed by atoms with E-state index in [0.717, 1.165) is 6.07 Å². The van der Waals surface area contributed by atoms with Gasteiger partial charge in [-0.05, 0) is 19.2 Å². The first kappa shape index (κ1) is 15.5. The number of hydrogen-bond acceptors (Lipinski definition) is 6. The summed E-state index contributed by atoms with van der Waals surface area (Å²) in [4.78, 5) is 11.7. The molecule has 0 aliphatic rings. The summed E-state index contributed by atoms with van der Waals surface area (Å²) in [7, 11) is -2.28. The second kappa shape index (κ2) is 6.06. The molecule has 1 aromatic carbocycles. The van der Waals surface area contributed by atoms with Gasteiger partial charge in [0.2, 0.25) is 10.0 Å². The van der Waals surface area contributed by atoms with Crippen LogP contribution in [0.1, 0.15) is 5.56 Å². The fraction of sp³-hybridized carbons (Fsp3) is 0.400. The lowest BCUT2D eigenvalue weighted by Crippen LogP contribution is -2.22. The molecule has 0 aliphatic heterocycles.